The van der Waals surface area contributed by atoms with Gasteiger partial charge in [0.25, 0.3) is 16.3 Å². The van der Waals surface area contributed by atoms with Gasteiger partial charge in [-0.1, -0.05) is 0 Å². The Morgan fingerprint density at radius 3 is 2.29 bits per heavy atom. The number of aliphatic hydroxyl groups is 1. The Hall–Kier alpha value is -1.49. The van der Waals surface area contributed by atoms with Gasteiger partial charge >= 0.3 is 5.51 Å². The Kier molecular flexibility index (Phi) is 5.10. The largest absolute Gasteiger partial charge is 0.501 e. The third kappa shape index (κ3) is 4.00. The first-order chi connectivity index (χ1) is 9.46. The minimum atomic E-state index is -5.87. The summed E-state index contributed by atoms with van der Waals surface area (Å²) in [4.78, 5) is -1.45. The van der Waals surface area contributed by atoms with Gasteiger partial charge in [0.15, 0.2) is 0 Å². The molecule has 11 heteroatoms. The van der Waals surface area contributed by atoms with E-state index in [4.69, 9.17) is 5.11 Å². The molecule has 0 aliphatic rings. The highest BCUT2D eigenvalue weighted by atomic mass is 32.2. The zero-order valence-corrected chi connectivity index (χ0v) is 10.9. The van der Waals surface area contributed by atoms with Crippen molar-refractivity contribution in [2.24, 2.45) is 0 Å². The van der Waals surface area contributed by atoms with Crippen LogP contribution in [0.4, 0.5) is 32.0 Å². The van der Waals surface area contributed by atoms with Gasteiger partial charge in [0, 0.05) is 6.54 Å². The normalized spacial score (nSPS) is 14.3. The molecule has 0 aliphatic heterocycles. The fraction of sp³-hybridized carbons (Fsp3) is 0.400. The Morgan fingerprint density at radius 1 is 1.24 bits per heavy atom. The number of anilines is 1. The highest BCUT2D eigenvalue weighted by Gasteiger charge is 2.48. The van der Waals surface area contributed by atoms with Crippen LogP contribution in [-0.4, -0.2) is 38.1 Å². The number of benzene rings is 1. The van der Waals surface area contributed by atoms with Gasteiger partial charge in [0.2, 0.25) is 0 Å². The number of hydrogen-bond donors (Lipinski definition) is 2. The summed E-state index contributed by atoms with van der Waals surface area (Å²) in [5, 5.41) is 10.8. The van der Waals surface area contributed by atoms with Crippen molar-refractivity contribution in [3.05, 3.63) is 24.0 Å². The summed E-state index contributed by atoms with van der Waals surface area (Å²) in [6, 6.07) is 1.40. The number of nitrogens with one attached hydrogen (secondary N) is 1. The second kappa shape index (κ2) is 6.10. The fourth-order valence-electron chi connectivity index (χ4n) is 1.29. The summed E-state index contributed by atoms with van der Waals surface area (Å²) in [7, 11) is -5.87. The lowest BCUT2D eigenvalue weighted by Gasteiger charge is -2.16. The van der Waals surface area contributed by atoms with Crippen LogP contribution in [0.1, 0.15) is 0 Å². The van der Waals surface area contributed by atoms with E-state index < -0.39 is 50.8 Å². The molecule has 0 saturated heterocycles. The van der Waals surface area contributed by atoms with Crippen molar-refractivity contribution in [3.8, 4) is 0 Å². The van der Waals surface area contributed by atoms with Gasteiger partial charge in [-0.25, -0.2) is 21.6 Å². The number of aliphatic hydroxyl groups excluding tert-OH is 1. The average Bonchev–Trinajstić information content (AvgIpc) is 2.35. The second-order valence-corrected chi connectivity index (χ2v) is 5.78. The van der Waals surface area contributed by atoms with E-state index >= 15 is 0 Å². The fourth-order valence-corrected chi connectivity index (χ4v) is 2.24. The van der Waals surface area contributed by atoms with E-state index in [0.29, 0.717) is 12.1 Å². The minimum Gasteiger partial charge on any atom is -0.385 e. The second-order valence-electron chi connectivity index (χ2n) is 3.87. The molecule has 0 radical (unpaired) electrons. The van der Waals surface area contributed by atoms with Gasteiger partial charge in [-0.05, 0) is 18.2 Å². The van der Waals surface area contributed by atoms with E-state index in [0.717, 1.165) is 0 Å². The van der Waals surface area contributed by atoms with Gasteiger partial charge in [-0.2, -0.15) is 13.2 Å². The first-order valence-corrected chi connectivity index (χ1v) is 6.76. The number of sulfone groups is 1. The van der Waals surface area contributed by atoms with Crippen LogP contribution >= 0.6 is 0 Å². The molecule has 0 bridgehead atoms. The van der Waals surface area contributed by atoms with E-state index in [9.17, 15) is 34.8 Å². The van der Waals surface area contributed by atoms with Crippen molar-refractivity contribution in [1.29, 1.82) is 0 Å². The van der Waals surface area contributed by atoms with Crippen LogP contribution in [0, 0.1) is 5.82 Å². The monoisotopic (exact) mass is 337 g/mol. The molecule has 0 aliphatic carbocycles. The molecule has 0 fully saturated rings. The molecule has 0 amide bonds. The van der Waals surface area contributed by atoms with Crippen LogP contribution in [0.5, 0.6) is 0 Å². The third-order valence-corrected chi connectivity index (χ3v) is 3.86. The Bertz CT molecular complexity index is 601. The molecule has 120 valence electrons. The summed E-state index contributed by atoms with van der Waals surface area (Å²) in [6.45, 7) is -0.913. The highest BCUT2D eigenvalue weighted by molar-refractivity contribution is 7.92. The van der Waals surface area contributed by atoms with Crippen LogP contribution in [-0.2, 0) is 9.84 Å². The van der Waals surface area contributed by atoms with Crippen LogP contribution in [0.25, 0.3) is 0 Å². The molecule has 1 unspecified atom stereocenters. The summed E-state index contributed by atoms with van der Waals surface area (Å²) in [5.74, 6) is -1.25. The molecule has 1 atom stereocenters. The van der Waals surface area contributed by atoms with Gasteiger partial charge in [-0.3, -0.25) is 0 Å². The predicted molar refractivity (Wildman–Crippen MR) is 60.1 cm³/mol. The molecule has 2 N–H and O–H groups in total. The number of rotatable bonds is 5. The van der Waals surface area contributed by atoms with Gasteiger partial charge in [0.1, 0.15) is 16.8 Å². The van der Waals surface area contributed by atoms with Crippen LogP contribution < -0.4 is 5.32 Å². The zero-order valence-electron chi connectivity index (χ0n) is 10.0. The first-order valence-electron chi connectivity index (χ1n) is 5.28. The lowest BCUT2D eigenvalue weighted by atomic mass is 10.3. The summed E-state index contributed by atoms with van der Waals surface area (Å²) < 4.78 is 97.0. The van der Waals surface area contributed by atoms with Crippen LogP contribution in [0.3, 0.4) is 0 Å². The topological polar surface area (TPSA) is 66.4 Å². The van der Waals surface area contributed by atoms with E-state index in [-0.39, 0.29) is 6.07 Å². The molecule has 1 aromatic rings. The summed E-state index contributed by atoms with van der Waals surface area (Å²) >= 11 is 0. The Labute approximate surface area is 115 Å². The average molecular weight is 337 g/mol. The molecule has 0 spiro atoms. The van der Waals surface area contributed by atoms with Gasteiger partial charge < -0.3 is 10.4 Å². The SMILES string of the molecule is O=S(=O)(c1cc(F)ccc1NCC(O)C(F)F)C(F)(F)F. The molecule has 21 heavy (non-hydrogen) atoms. The minimum absolute atomic E-state index is 0.111. The molecule has 0 aromatic heterocycles. The first kappa shape index (κ1) is 17.6. The molecule has 4 nitrogen and oxygen atoms in total. The van der Waals surface area contributed by atoms with E-state index in [1.165, 1.54) is 0 Å². The molecule has 0 heterocycles. The van der Waals surface area contributed by atoms with Crippen LogP contribution in [0.15, 0.2) is 23.1 Å². The summed E-state index contributed by atoms with van der Waals surface area (Å²) in [5.41, 5.74) is -6.42. The van der Waals surface area contributed by atoms with Gasteiger partial charge in [-0.15, -0.1) is 0 Å². The lowest BCUT2D eigenvalue weighted by Crippen LogP contribution is -2.29. The van der Waals surface area contributed by atoms with Crippen molar-refractivity contribution in [1.82, 2.24) is 0 Å². The third-order valence-electron chi connectivity index (χ3n) is 2.33. The Balaban J connectivity index is 3.18. The van der Waals surface area contributed by atoms with E-state index in [2.05, 4.69) is 0 Å². The highest BCUT2D eigenvalue weighted by Crippen LogP contribution is 2.34. The molecule has 1 aromatic carbocycles. The van der Waals surface area contributed by atoms with Crippen LogP contribution in [0.2, 0.25) is 0 Å². The van der Waals surface area contributed by atoms with Crippen molar-refractivity contribution >= 4 is 15.5 Å². The van der Waals surface area contributed by atoms with Crippen molar-refractivity contribution in [2.45, 2.75) is 22.9 Å². The maximum absolute atomic E-state index is 13.0. The molecule has 1 rings (SSSR count). The zero-order chi connectivity index (χ0) is 16.4. The number of hydrogen-bond acceptors (Lipinski definition) is 4. The predicted octanol–water partition coefficient (Wildman–Crippen LogP) is 2.16. The molecular formula is C10H9F6NO3S. The molecular weight excluding hydrogens is 328 g/mol. The molecule has 0 saturated carbocycles. The van der Waals surface area contributed by atoms with Gasteiger partial charge in [0.05, 0.1) is 5.69 Å². The smallest absolute Gasteiger partial charge is 0.385 e. The maximum atomic E-state index is 13.0. The van der Waals surface area contributed by atoms with Crippen molar-refractivity contribution in [2.75, 3.05) is 11.9 Å². The van der Waals surface area contributed by atoms with E-state index in [1.54, 1.807) is 0 Å². The Morgan fingerprint density at radius 2 is 1.81 bits per heavy atom. The lowest BCUT2D eigenvalue weighted by molar-refractivity contribution is -0.0435. The maximum Gasteiger partial charge on any atom is 0.501 e. The number of halogens is 6. The quantitative estimate of drug-likeness (QED) is 0.808. The van der Waals surface area contributed by atoms with Crippen molar-refractivity contribution in [3.63, 3.8) is 0 Å². The van der Waals surface area contributed by atoms with E-state index in [1.807, 2.05) is 5.32 Å². The van der Waals surface area contributed by atoms with Crippen molar-refractivity contribution < 1.29 is 39.9 Å². The number of alkyl halides is 5. The standard InChI is InChI=1S/C10H9F6NO3S/c11-5-1-2-6(17-4-7(18)9(12)13)8(3-5)21(19,20)10(14,15)16/h1-3,7,9,17-18H,4H2. The summed E-state index contributed by atoms with van der Waals surface area (Å²) in [6.07, 6.45) is -5.41.